The second-order valence-corrected chi connectivity index (χ2v) is 7.74. The van der Waals surface area contributed by atoms with Crippen LogP contribution in [0.2, 0.25) is 0 Å². The molecule has 108 valence electrons. The Morgan fingerprint density at radius 1 is 1.30 bits per heavy atom. The molecule has 20 heavy (non-hydrogen) atoms. The van der Waals surface area contributed by atoms with Gasteiger partial charge in [0.05, 0.1) is 5.03 Å². The molecule has 0 saturated carbocycles. The van der Waals surface area contributed by atoms with Crippen LogP contribution in [-0.4, -0.2) is 20.4 Å². The van der Waals surface area contributed by atoms with E-state index in [1.54, 1.807) is 0 Å². The first kappa shape index (κ1) is 15.0. The molecule has 0 radical (unpaired) electrons. The van der Waals surface area contributed by atoms with Crippen molar-refractivity contribution in [2.45, 2.75) is 49.9 Å². The minimum absolute atomic E-state index is 0.131. The van der Waals surface area contributed by atoms with Gasteiger partial charge in [0, 0.05) is 34.7 Å². The number of rotatable bonds is 5. The van der Waals surface area contributed by atoms with Gasteiger partial charge < -0.3 is 9.67 Å². The lowest BCUT2D eigenvalue weighted by molar-refractivity contribution is -0.137. The maximum absolute atomic E-state index is 10.7. The van der Waals surface area contributed by atoms with Gasteiger partial charge >= 0.3 is 5.97 Å². The van der Waals surface area contributed by atoms with Gasteiger partial charge in [-0.1, -0.05) is 45.0 Å². The van der Waals surface area contributed by atoms with Gasteiger partial charge in [0.15, 0.2) is 0 Å². The number of thioether (sulfide) groups is 1. The lowest BCUT2D eigenvalue weighted by Crippen LogP contribution is -2.10. The summed E-state index contributed by atoms with van der Waals surface area (Å²) >= 11 is 1.84. The summed E-state index contributed by atoms with van der Waals surface area (Å²) in [6, 6.07) is 8.33. The van der Waals surface area contributed by atoms with E-state index in [0.29, 0.717) is 6.42 Å². The molecule has 3 nitrogen and oxygen atoms in total. The molecule has 0 bridgehead atoms. The van der Waals surface area contributed by atoms with Crippen LogP contribution in [-0.2, 0) is 11.3 Å². The van der Waals surface area contributed by atoms with E-state index < -0.39 is 5.97 Å². The molecule has 0 atom stereocenters. The molecule has 0 aliphatic carbocycles. The van der Waals surface area contributed by atoms with Gasteiger partial charge in [-0.2, -0.15) is 0 Å². The maximum atomic E-state index is 10.7. The molecule has 0 aliphatic heterocycles. The Morgan fingerprint density at radius 2 is 2.00 bits per heavy atom. The monoisotopic (exact) mass is 291 g/mol. The van der Waals surface area contributed by atoms with Gasteiger partial charge in [0.2, 0.25) is 0 Å². The van der Waals surface area contributed by atoms with E-state index >= 15 is 0 Å². The summed E-state index contributed by atoms with van der Waals surface area (Å²) in [5.74, 6) is -0.730. The standard InChI is InChI=1S/C16H21NO2S/c1-16(2,3)20-15-13-8-5-4-7-12(13)11-17(15)10-6-9-14(18)19/h4-5,7-8,11H,6,9-10H2,1-3H3,(H,18,19). The molecule has 0 aliphatic rings. The Bertz CT molecular complexity index is 610. The minimum Gasteiger partial charge on any atom is -0.481 e. The number of aromatic nitrogens is 1. The van der Waals surface area contributed by atoms with Crippen LogP contribution in [0.1, 0.15) is 33.6 Å². The number of aryl methyl sites for hydroxylation is 1. The van der Waals surface area contributed by atoms with Gasteiger partial charge in [-0.25, -0.2) is 0 Å². The Balaban J connectivity index is 2.31. The SMILES string of the molecule is CC(C)(C)Sc1c2ccccc2cn1CCCC(=O)O. The largest absolute Gasteiger partial charge is 0.481 e. The highest BCUT2D eigenvalue weighted by atomic mass is 32.2. The number of carboxylic acids is 1. The highest BCUT2D eigenvalue weighted by molar-refractivity contribution is 8.00. The topological polar surface area (TPSA) is 42.2 Å². The van der Waals surface area contributed by atoms with Crippen molar-refractivity contribution in [3.8, 4) is 0 Å². The fraction of sp³-hybridized carbons (Fsp3) is 0.438. The molecule has 1 heterocycles. The third-order valence-corrected chi connectivity index (χ3v) is 4.20. The van der Waals surface area contributed by atoms with Crippen molar-refractivity contribution in [2.75, 3.05) is 0 Å². The van der Waals surface area contributed by atoms with Crippen LogP contribution in [0.4, 0.5) is 0 Å². The predicted octanol–water partition coefficient (Wildman–Crippen LogP) is 4.40. The summed E-state index contributed by atoms with van der Waals surface area (Å²) in [4.78, 5) is 10.7. The first-order valence-corrected chi connectivity index (χ1v) is 7.67. The first-order valence-electron chi connectivity index (χ1n) is 6.85. The van der Waals surface area contributed by atoms with Crippen molar-refractivity contribution in [3.63, 3.8) is 0 Å². The summed E-state index contributed by atoms with van der Waals surface area (Å²) in [6.07, 6.45) is 3.01. The van der Waals surface area contributed by atoms with E-state index in [-0.39, 0.29) is 11.2 Å². The number of fused-ring (bicyclic) bond motifs is 1. The lowest BCUT2D eigenvalue weighted by Gasteiger charge is -2.19. The fourth-order valence-electron chi connectivity index (χ4n) is 2.16. The molecule has 2 aromatic rings. The van der Waals surface area contributed by atoms with Crippen molar-refractivity contribution in [2.24, 2.45) is 0 Å². The molecule has 0 amide bonds. The van der Waals surface area contributed by atoms with Gasteiger partial charge in [-0.3, -0.25) is 4.79 Å². The van der Waals surface area contributed by atoms with Crippen molar-refractivity contribution >= 4 is 28.5 Å². The molecule has 0 fully saturated rings. The van der Waals surface area contributed by atoms with Crippen molar-refractivity contribution < 1.29 is 9.90 Å². The Labute approximate surface area is 124 Å². The van der Waals surface area contributed by atoms with Gasteiger partial charge in [0.25, 0.3) is 0 Å². The normalized spacial score (nSPS) is 11.9. The summed E-state index contributed by atoms with van der Waals surface area (Å²) in [5.41, 5.74) is 0. The van der Waals surface area contributed by atoms with E-state index in [4.69, 9.17) is 5.11 Å². The maximum Gasteiger partial charge on any atom is 0.303 e. The molecule has 0 unspecified atom stereocenters. The molecule has 2 rings (SSSR count). The smallest absolute Gasteiger partial charge is 0.303 e. The van der Waals surface area contributed by atoms with Crippen LogP contribution in [0.5, 0.6) is 0 Å². The van der Waals surface area contributed by atoms with E-state index in [1.165, 1.54) is 15.8 Å². The third-order valence-electron chi connectivity index (χ3n) is 2.94. The molecular weight excluding hydrogens is 270 g/mol. The number of hydrogen-bond acceptors (Lipinski definition) is 2. The summed E-state index contributed by atoms with van der Waals surface area (Å²) < 4.78 is 2.33. The summed E-state index contributed by atoms with van der Waals surface area (Å²) in [5, 5.41) is 12.5. The Hall–Kier alpha value is -1.42. The van der Waals surface area contributed by atoms with Crippen LogP contribution in [0.3, 0.4) is 0 Å². The highest BCUT2D eigenvalue weighted by Crippen LogP contribution is 2.37. The van der Waals surface area contributed by atoms with Crippen LogP contribution in [0.25, 0.3) is 10.8 Å². The second kappa shape index (κ2) is 5.92. The molecule has 0 saturated heterocycles. The Kier molecular flexibility index (Phi) is 4.43. The Morgan fingerprint density at radius 3 is 2.65 bits per heavy atom. The van der Waals surface area contributed by atoms with Crippen molar-refractivity contribution in [3.05, 3.63) is 30.5 Å². The summed E-state index contributed by atoms with van der Waals surface area (Å²) in [6.45, 7) is 7.34. The van der Waals surface area contributed by atoms with Crippen LogP contribution < -0.4 is 0 Å². The van der Waals surface area contributed by atoms with Crippen molar-refractivity contribution in [1.82, 2.24) is 4.57 Å². The quantitative estimate of drug-likeness (QED) is 0.830. The predicted molar refractivity (Wildman–Crippen MR) is 84.4 cm³/mol. The molecule has 1 aromatic carbocycles. The molecule has 0 spiro atoms. The van der Waals surface area contributed by atoms with E-state index in [2.05, 4.69) is 49.7 Å². The minimum atomic E-state index is -0.730. The van der Waals surface area contributed by atoms with E-state index in [1.807, 2.05) is 17.8 Å². The zero-order valence-electron chi connectivity index (χ0n) is 12.2. The zero-order chi connectivity index (χ0) is 14.8. The molecule has 1 aromatic heterocycles. The molecular formula is C16H21NO2S. The number of carboxylic acid groups (broad SMARTS) is 1. The second-order valence-electron chi connectivity index (χ2n) is 5.93. The van der Waals surface area contributed by atoms with Crippen LogP contribution >= 0.6 is 11.8 Å². The number of benzene rings is 1. The van der Waals surface area contributed by atoms with E-state index in [0.717, 1.165) is 6.54 Å². The van der Waals surface area contributed by atoms with Gasteiger partial charge in [0.1, 0.15) is 0 Å². The highest BCUT2D eigenvalue weighted by Gasteiger charge is 2.18. The first-order chi connectivity index (χ1) is 9.37. The van der Waals surface area contributed by atoms with Gasteiger partial charge in [-0.15, -0.1) is 11.8 Å². The summed E-state index contributed by atoms with van der Waals surface area (Å²) in [7, 11) is 0. The van der Waals surface area contributed by atoms with Crippen LogP contribution in [0.15, 0.2) is 35.5 Å². The number of aliphatic carboxylic acids is 1. The van der Waals surface area contributed by atoms with Crippen LogP contribution in [0, 0.1) is 0 Å². The average molecular weight is 291 g/mol. The molecule has 4 heteroatoms. The fourth-order valence-corrected chi connectivity index (χ4v) is 3.29. The van der Waals surface area contributed by atoms with Gasteiger partial charge in [-0.05, 0) is 6.42 Å². The number of carbonyl (C=O) groups is 1. The number of nitrogens with zero attached hydrogens (tertiary/aromatic N) is 1. The van der Waals surface area contributed by atoms with Crippen molar-refractivity contribution in [1.29, 1.82) is 0 Å². The molecule has 1 N–H and O–H groups in total. The zero-order valence-corrected chi connectivity index (χ0v) is 13.0. The lowest BCUT2D eigenvalue weighted by atomic mass is 10.2. The van der Waals surface area contributed by atoms with E-state index in [9.17, 15) is 4.79 Å². The third kappa shape index (κ3) is 3.79. The number of hydrogen-bond donors (Lipinski definition) is 1. The average Bonchev–Trinajstić information content (AvgIpc) is 2.66.